The van der Waals surface area contributed by atoms with E-state index in [2.05, 4.69) is 5.32 Å². The largest absolute Gasteiger partial charge is 0.496 e. The molecule has 1 atom stereocenters. The molecule has 5 heteroatoms. The van der Waals surface area contributed by atoms with Gasteiger partial charge in [0.2, 0.25) is 0 Å². The second-order valence-corrected chi connectivity index (χ2v) is 4.00. The quantitative estimate of drug-likeness (QED) is 0.743. The van der Waals surface area contributed by atoms with E-state index in [1.54, 1.807) is 18.2 Å². The van der Waals surface area contributed by atoms with Crippen molar-refractivity contribution in [3.8, 4) is 5.75 Å². The highest BCUT2D eigenvalue weighted by Gasteiger charge is 2.12. The van der Waals surface area contributed by atoms with E-state index in [1.807, 2.05) is 13.0 Å². The maximum atomic E-state index is 12.0. The van der Waals surface area contributed by atoms with Gasteiger partial charge in [-0.1, -0.05) is 12.1 Å². The number of hydrogen-bond donors (Lipinski definition) is 2. The predicted octanol–water partition coefficient (Wildman–Crippen LogP) is 1.21. The lowest BCUT2D eigenvalue weighted by atomic mass is 10.2. The molecule has 0 aliphatic carbocycles. The summed E-state index contributed by atoms with van der Waals surface area (Å²) in [6, 6.07) is 7.05. The number of carbonyl (C=O) groups is 1. The zero-order valence-electron chi connectivity index (χ0n) is 11.4. The first kappa shape index (κ1) is 15.5. The Kier molecular flexibility index (Phi) is 6.92. The number of para-hydroxylation sites is 1. The van der Waals surface area contributed by atoms with Gasteiger partial charge in [0.05, 0.1) is 25.4 Å². The van der Waals surface area contributed by atoms with Crippen LogP contribution < -0.4 is 10.1 Å². The van der Waals surface area contributed by atoms with E-state index in [9.17, 15) is 4.79 Å². The smallest absolute Gasteiger partial charge is 0.255 e. The van der Waals surface area contributed by atoms with Gasteiger partial charge >= 0.3 is 0 Å². The van der Waals surface area contributed by atoms with Crippen LogP contribution in [0.25, 0.3) is 0 Å². The molecule has 1 aromatic carbocycles. The molecule has 1 rings (SSSR count). The Hall–Kier alpha value is -1.59. The molecule has 0 heterocycles. The Morgan fingerprint density at radius 1 is 1.42 bits per heavy atom. The summed E-state index contributed by atoms with van der Waals surface area (Å²) in [6.45, 7) is 2.82. The molecule has 0 aliphatic heterocycles. The molecule has 0 unspecified atom stereocenters. The van der Waals surface area contributed by atoms with Gasteiger partial charge in [-0.3, -0.25) is 4.79 Å². The first-order chi connectivity index (χ1) is 9.22. The number of methoxy groups -OCH3 is 1. The minimum atomic E-state index is -0.233. The molecular weight excluding hydrogens is 246 g/mol. The predicted molar refractivity (Wildman–Crippen MR) is 72.4 cm³/mol. The van der Waals surface area contributed by atoms with E-state index in [0.717, 1.165) is 0 Å². The van der Waals surface area contributed by atoms with Crippen molar-refractivity contribution in [3.05, 3.63) is 29.8 Å². The highest BCUT2D eigenvalue weighted by molar-refractivity contribution is 5.96. The van der Waals surface area contributed by atoms with Crippen LogP contribution in [-0.2, 0) is 4.74 Å². The fraction of sp³-hybridized carbons (Fsp3) is 0.500. The fourth-order valence-electron chi connectivity index (χ4n) is 1.74. The lowest BCUT2D eigenvalue weighted by Gasteiger charge is -2.14. The van der Waals surface area contributed by atoms with Crippen molar-refractivity contribution in [1.82, 2.24) is 5.32 Å². The molecule has 0 aromatic heterocycles. The van der Waals surface area contributed by atoms with Crippen molar-refractivity contribution < 1.29 is 19.4 Å². The zero-order valence-corrected chi connectivity index (χ0v) is 11.4. The zero-order chi connectivity index (χ0) is 14.1. The van der Waals surface area contributed by atoms with Crippen LogP contribution in [0.5, 0.6) is 5.75 Å². The first-order valence-electron chi connectivity index (χ1n) is 6.36. The van der Waals surface area contributed by atoms with Crippen LogP contribution in [0.3, 0.4) is 0 Å². The summed E-state index contributed by atoms with van der Waals surface area (Å²) in [5, 5.41) is 11.9. The van der Waals surface area contributed by atoms with Crippen LogP contribution in [0.2, 0.25) is 0 Å². The Morgan fingerprint density at radius 2 is 2.16 bits per heavy atom. The van der Waals surface area contributed by atoms with Crippen molar-refractivity contribution in [1.29, 1.82) is 0 Å². The lowest BCUT2D eigenvalue weighted by molar-refractivity contribution is 0.0154. The van der Waals surface area contributed by atoms with Crippen LogP contribution in [-0.4, -0.2) is 44.0 Å². The third-order valence-electron chi connectivity index (χ3n) is 2.71. The summed E-state index contributed by atoms with van der Waals surface area (Å²) in [5.74, 6) is 0.356. The number of amides is 1. The number of hydrogen-bond acceptors (Lipinski definition) is 4. The van der Waals surface area contributed by atoms with Crippen molar-refractivity contribution in [2.75, 3.05) is 26.9 Å². The van der Waals surface area contributed by atoms with Gasteiger partial charge in [-0.2, -0.15) is 0 Å². The van der Waals surface area contributed by atoms with Crippen molar-refractivity contribution in [3.63, 3.8) is 0 Å². The Bertz CT molecular complexity index is 395. The molecule has 5 nitrogen and oxygen atoms in total. The number of ether oxygens (including phenoxy) is 2. The molecule has 0 radical (unpaired) electrons. The van der Waals surface area contributed by atoms with E-state index < -0.39 is 0 Å². The van der Waals surface area contributed by atoms with Gasteiger partial charge in [0, 0.05) is 13.2 Å². The molecule has 0 saturated heterocycles. The van der Waals surface area contributed by atoms with Crippen LogP contribution in [0.1, 0.15) is 23.7 Å². The summed E-state index contributed by atoms with van der Waals surface area (Å²) < 4.78 is 10.4. The standard InChI is InChI=1S/C14H21NO4/c1-3-19-11(10-16)8-9-15-14(17)12-6-4-5-7-13(12)18-2/h4-7,11,16H,3,8-10H2,1-2H3,(H,15,17)/t11-/m0/s1. The van der Waals surface area contributed by atoms with E-state index in [0.29, 0.717) is 30.9 Å². The average molecular weight is 267 g/mol. The van der Waals surface area contributed by atoms with E-state index >= 15 is 0 Å². The van der Waals surface area contributed by atoms with Crippen molar-refractivity contribution in [2.24, 2.45) is 0 Å². The molecule has 2 N–H and O–H groups in total. The molecule has 0 spiro atoms. The van der Waals surface area contributed by atoms with Crippen molar-refractivity contribution >= 4 is 5.91 Å². The SMILES string of the molecule is CCO[C@H](CO)CCNC(=O)c1ccccc1OC. The normalized spacial score (nSPS) is 11.9. The van der Waals surface area contributed by atoms with Gasteiger partial charge < -0.3 is 19.9 Å². The van der Waals surface area contributed by atoms with Gasteiger partial charge in [0.1, 0.15) is 5.75 Å². The monoisotopic (exact) mass is 267 g/mol. The van der Waals surface area contributed by atoms with E-state index in [1.165, 1.54) is 7.11 Å². The summed E-state index contributed by atoms with van der Waals surface area (Å²) in [5.41, 5.74) is 0.502. The third kappa shape index (κ3) is 4.89. The van der Waals surface area contributed by atoms with E-state index in [-0.39, 0.29) is 18.6 Å². The Balaban J connectivity index is 2.47. The second-order valence-electron chi connectivity index (χ2n) is 4.00. The number of aliphatic hydroxyl groups is 1. The maximum absolute atomic E-state index is 12.0. The maximum Gasteiger partial charge on any atom is 0.255 e. The molecule has 0 fully saturated rings. The summed E-state index contributed by atoms with van der Waals surface area (Å²) >= 11 is 0. The Labute approximate surface area is 113 Å². The molecule has 106 valence electrons. The summed E-state index contributed by atoms with van der Waals surface area (Å²) in [6.07, 6.45) is 0.341. The highest BCUT2D eigenvalue weighted by Crippen LogP contribution is 2.16. The second kappa shape index (κ2) is 8.50. The van der Waals surface area contributed by atoms with Gasteiger partial charge in [0.15, 0.2) is 0 Å². The summed E-state index contributed by atoms with van der Waals surface area (Å²) in [4.78, 5) is 12.0. The highest BCUT2D eigenvalue weighted by atomic mass is 16.5. The molecule has 0 bridgehead atoms. The Morgan fingerprint density at radius 3 is 2.79 bits per heavy atom. The van der Waals surface area contributed by atoms with Gasteiger partial charge in [0.25, 0.3) is 5.91 Å². The topological polar surface area (TPSA) is 67.8 Å². The average Bonchev–Trinajstić information content (AvgIpc) is 2.46. The molecule has 19 heavy (non-hydrogen) atoms. The van der Waals surface area contributed by atoms with Crippen LogP contribution in [0.4, 0.5) is 0 Å². The van der Waals surface area contributed by atoms with Gasteiger partial charge in [-0.15, -0.1) is 0 Å². The van der Waals surface area contributed by atoms with Crippen LogP contribution >= 0.6 is 0 Å². The number of carbonyl (C=O) groups excluding carboxylic acids is 1. The number of benzene rings is 1. The van der Waals surface area contributed by atoms with Crippen molar-refractivity contribution in [2.45, 2.75) is 19.4 Å². The first-order valence-corrected chi connectivity index (χ1v) is 6.36. The molecule has 0 saturated carbocycles. The summed E-state index contributed by atoms with van der Waals surface area (Å²) in [7, 11) is 1.53. The van der Waals surface area contributed by atoms with Crippen LogP contribution in [0.15, 0.2) is 24.3 Å². The number of rotatable bonds is 8. The van der Waals surface area contributed by atoms with E-state index in [4.69, 9.17) is 14.6 Å². The molecule has 0 aliphatic rings. The molecule has 1 amide bonds. The third-order valence-corrected chi connectivity index (χ3v) is 2.71. The van der Waals surface area contributed by atoms with Crippen LogP contribution in [0, 0.1) is 0 Å². The molecule has 1 aromatic rings. The fourth-order valence-corrected chi connectivity index (χ4v) is 1.74. The lowest BCUT2D eigenvalue weighted by Crippen LogP contribution is -2.29. The van der Waals surface area contributed by atoms with Gasteiger partial charge in [-0.05, 0) is 25.5 Å². The number of aliphatic hydroxyl groups excluding tert-OH is 1. The number of nitrogens with one attached hydrogen (secondary N) is 1. The van der Waals surface area contributed by atoms with Gasteiger partial charge in [-0.25, -0.2) is 0 Å². The minimum absolute atomic E-state index is 0.0433. The molecular formula is C14H21NO4. The minimum Gasteiger partial charge on any atom is -0.496 e.